The van der Waals surface area contributed by atoms with Crippen molar-refractivity contribution in [2.45, 2.75) is 212 Å². The molecule has 0 aromatic heterocycles. The normalized spacial score (nSPS) is 12.6. The number of carboxylic acid groups (broad SMARTS) is 1. The summed E-state index contributed by atoms with van der Waals surface area (Å²) in [5.41, 5.74) is 5.45. The molecule has 0 aromatic rings. The molecule has 0 aromatic carbocycles. The monoisotopic (exact) mass is 625 g/mol. The summed E-state index contributed by atoms with van der Waals surface area (Å²) in [6, 6.07) is -0.868. The molecule has 0 bridgehead atoms. The minimum absolute atomic E-state index is 0.0421. The summed E-state index contributed by atoms with van der Waals surface area (Å²) in [6.07, 6.45) is 32.0. The number of unbranched alkanes of at least 4 members (excludes halogenated alkanes) is 20. The minimum Gasteiger partial charge on any atom is -0.480 e. The molecule has 0 aliphatic carbocycles. The first-order valence-electron chi connectivity index (χ1n) is 18.9. The van der Waals surface area contributed by atoms with E-state index in [0.717, 1.165) is 51.4 Å². The average molecular weight is 625 g/mol. The molecule has 0 spiro atoms. The zero-order chi connectivity index (χ0) is 32.5. The van der Waals surface area contributed by atoms with E-state index in [1.165, 1.54) is 103 Å². The van der Waals surface area contributed by atoms with Crippen LogP contribution in [0.5, 0.6) is 0 Å². The van der Waals surface area contributed by atoms with Crippen LogP contribution < -0.4 is 11.1 Å². The molecule has 2 unspecified atom stereocenters. The van der Waals surface area contributed by atoms with Crippen LogP contribution in [0, 0.1) is 0 Å². The Kier molecular flexibility index (Phi) is 31.5. The summed E-state index contributed by atoms with van der Waals surface area (Å²) in [6.45, 7) is 4.83. The Hall–Kier alpha value is -1.63. The van der Waals surface area contributed by atoms with Crippen LogP contribution in [0.4, 0.5) is 0 Å². The van der Waals surface area contributed by atoms with Gasteiger partial charge in [0.1, 0.15) is 12.1 Å². The molecule has 0 saturated carbocycles. The van der Waals surface area contributed by atoms with E-state index >= 15 is 0 Å². The van der Waals surface area contributed by atoms with E-state index in [9.17, 15) is 19.5 Å². The highest BCUT2D eigenvalue weighted by Crippen LogP contribution is 2.17. The Balaban J connectivity index is 3.79. The summed E-state index contributed by atoms with van der Waals surface area (Å²) in [7, 11) is 0. The van der Waals surface area contributed by atoms with Gasteiger partial charge in [0.25, 0.3) is 0 Å². The molecule has 0 fully saturated rings. The SMILES string of the molecule is CCCCCCCCCCCCCCCCCCCCC(=O)OC(CCCC)CCCCCC(=O)NC(CCCN)C(=O)O. The van der Waals surface area contributed by atoms with Crippen molar-refractivity contribution in [1.82, 2.24) is 5.32 Å². The number of hydrogen-bond acceptors (Lipinski definition) is 5. The van der Waals surface area contributed by atoms with Gasteiger partial charge in [-0.15, -0.1) is 0 Å². The fraction of sp³-hybridized carbons (Fsp3) is 0.919. The Morgan fingerprint density at radius 3 is 1.48 bits per heavy atom. The second-order valence-electron chi connectivity index (χ2n) is 13.0. The summed E-state index contributed by atoms with van der Waals surface area (Å²) < 4.78 is 5.84. The molecule has 260 valence electrons. The molecule has 0 aliphatic rings. The van der Waals surface area contributed by atoms with Gasteiger partial charge >= 0.3 is 11.9 Å². The van der Waals surface area contributed by atoms with E-state index < -0.39 is 12.0 Å². The van der Waals surface area contributed by atoms with Gasteiger partial charge in [-0.25, -0.2) is 4.79 Å². The zero-order valence-electron chi connectivity index (χ0n) is 29.0. The number of carboxylic acids is 1. The second-order valence-corrected chi connectivity index (χ2v) is 13.0. The summed E-state index contributed by atoms with van der Waals surface area (Å²) in [4.78, 5) is 35.9. The highest BCUT2D eigenvalue weighted by molar-refractivity contribution is 5.83. The number of nitrogens with one attached hydrogen (secondary N) is 1. The van der Waals surface area contributed by atoms with Crippen molar-refractivity contribution in [1.29, 1.82) is 0 Å². The van der Waals surface area contributed by atoms with Gasteiger partial charge in [-0.05, 0) is 51.5 Å². The van der Waals surface area contributed by atoms with Gasteiger partial charge in [0.15, 0.2) is 0 Å². The van der Waals surface area contributed by atoms with Gasteiger partial charge in [0, 0.05) is 12.8 Å². The first kappa shape index (κ1) is 42.4. The van der Waals surface area contributed by atoms with Crippen LogP contribution in [0.3, 0.4) is 0 Å². The van der Waals surface area contributed by atoms with Crippen molar-refractivity contribution in [2.24, 2.45) is 5.73 Å². The number of amides is 1. The largest absolute Gasteiger partial charge is 0.480 e. The molecule has 0 aliphatic heterocycles. The summed E-state index contributed by atoms with van der Waals surface area (Å²) >= 11 is 0. The van der Waals surface area contributed by atoms with E-state index in [4.69, 9.17) is 10.5 Å². The number of carbonyl (C=O) groups is 3. The lowest BCUT2D eigenvalue weighted by Gasteiger charge is -2.18. The Bertz CT molecular complexity index is 672. The van der Waals surface area contributed by atoms with Crippen LogP contribution in [-0.4, -0.2) is 41.6 Å². The predicted octanol–water partition coefficient (Wildman–Crippen LogP) is 9.78. The third kappa shape index (κ3) is 29.1. The summed E-state index contributed by atoms with van der Waals surface area (Å²) in [5, 5.41) is 11.8. The van der Waals surface area contributed by atoms with Crippen LogP contribution in [0.25, 0.3) is 0 Å². The number of rotatable bonds is 34. The molecular formula is C37H72N2O5. The average Bonchev–Trinajstić information content (AvgIpc) is 3.00. The van der Waals surface area contributed by atoms with Crippen LogP contribution >= 0.6 is 0 Å². The Morgan fingerprint density at radius 1 is 0.568 bits per heavy atom. The maximum Gasteiger partial charge on any atom is 0.326 e. The fourth-order valence-corrected chi connectivity index (χ4v) is 5.79. The second kappa shape index (κ2) is 32.8. The predicted molar refractivity (Wildman–Crippen MR) is 184 cm³/mol. The standard InChI is InChI=1S/C37H72N2O5/c1-3-5-7-8-9-10-11-12-13-14-15-16-17-18-19-20-21-25-31-36(41)44-33(27-6-4-2)28-23-22-24-30-35(40)39-34(37(42)43)29-26-32-38/h33-34H,3-32,38H2,1-2H3,(H,39,40)(H,42,43). The molecule has 4 N–H and O–H groups in total. The fourth-order valence-electron chi connectivity index (χ4n) is 5.79. The smallest absolute Gasteiger partial charge is 0.326 e. The lowest BCUT2D eigenvalue weighted by molar-refractivity contribution is -0.150. The number of hydrogen-bond donors (Lipinski definition) is 3. The third-order valence-corrected chi connectivity index (χ3v) is 8.67. The van der Waals surface area contributed by atoms with Crippen molar-refractivity contribution >= 4 is 17.8 Å². The van der Waals surface area contributed by atoms with Crippen LogP contribution in [0.15, 0.2) is 0 Å². The topological polar surface area (TPSA) is 119 Å². The van der Waals surface area contributed by atoms with Crippen LogP contribution in [0.2, 0.25) is 0 Å². The van der Waals surface area contributed by atoms with Crippen molar-refractivity contribution in [3.8, 4) is 0 Å². The third-order valence-electron chi connectivity index (χ3n) is 8.67. The molecule has 44 heavy (non-hydrogen) atoms. The van der Waals surface area contributed by atoms with E-state index in [-0.39, 0.29) is 18.0 Å². The summed E-state index contributed by atoms with van der Waals surface area (Å²) in [5.74, 6) is -1.32. The first-order chi connectivity index (χ1) is 21.4. The van der Waals surface area contributed by atoms with Crippen molar-refractivity contribution in [3.05, 3.63) is 0 Å². The van der Waals surface area contributed by atoms with Gasteiger partial charge < -0.3 is 20.9 Å². The molecule has 7 nitrogen and oxygen atoms in total. The first-order valence-corrected chi connectivity index (χ1v) is 18.9. The number of esters is 1. The lowest BCUT2D eigenvalue weighted by Crippen LogP contribution is -2.40. The maximum absolute atomic E-state index is 12.5. The Labute approximate surface area is 271 Å². The van der Waals surface area contributed by atoms with E-state index in [0.29, 0.717) is 38.6 Å². The van der Waals surface area contributed by atoms with Crippen LogP contribution in [-0.2, 0) is 19.1 Å². The molecule has 0 heterocycles. The number of carbonyl (C=O) groups excluding carboxylic acids is 2. The van der Waals surface area contributed by atoms with Gasteiger partial charge in [-0.1, -0.05) is 142 Å². The molecule has 7 heteroatoms. The van der Waals surface area contributed by atoms with E-state index in [1.807, 2.05) is 0 Å². The molecule has 1 amide bonds. The zero-order valence-corrected chi connectivity index (χ0v) is 29.0. The molecule has 0 radical (unpaired) electrons. The van der Waals surface area contributed by atoms with Crippen molar-refractivity contribution in [3.63, 3.8) is 0 Å². The van der Waals surface area contributed by atoms with Gasteiger partial charge in [-0.3, -0.25) is 9.59 Å². The van der Waals surface area contributed by atoms with E-state index in [2.05, 4.69) is 19.2 Å². The van der Waals surface area contributed by atoms with Crippen molar-refractivity contribution in [2.75, 3.05) is 6.54 Å². The highest BCUT2D eigenvalue weighted by atomic mass is 16.5. The molecule has 2 atom stereocenters. The minimum atomic E-state index is -1.02. The van der Waals surface area contributed by atoms with Crippen molar-refractivity contribution < 1.29 is 24.2 Å². The van der Waals surface area contributed by atoms with E-state index in [1.54, 1.807) is 0 Å². The molecule has 0 rings (SSSR count). The highest BCUT2D eigenvalue weighted by Gasteiger charge is 2.19. The Morgan fingerprint density at radius 2 is 1.00 bits per heavy atom. The number of ether oxygens (including phenoxy) is 1. The van der Waals surface area contributed by atoms with Gasteiger partial charge in [0.05, 0.1) is 0 Å². The quantitative estimate of drug-likeness (QED) is 0.0484. The lowest BCUT2D eigenvalue weighted by atomic mass is 10.0. The number of aliphatic carboxylic acids is 1. The maximum atomic E-state index is 12.5. The number of nitrogens with two attached hydrogens (primary N) is 1. The van der Waals surface area contributed by atoms with Gasteiger partial charge in [0.2, 0.25) is 5.91 Å². The van der Waals surface area contributed by atoms with Gasteiger partial charge in [-0.2, -0.15) is 0 Å². The van der Waals surface area contributed by atoms with Crippen LogP contribution in [0.1, 0.15) is 200 Å². The molecule has 0 saturated heterocycles. The molecular weight excluding hydrogens is 552 g/mol.